The second-order valence-corrected chi connectivity index (χ2v) is 4.21. The van der Waals surface area contributed by atoms with Crippen LogP contribution in [0.25, 0.3) is 0 Å². The van der Waals surface area contributed by atoms with Crippen molar-refractivity contribution in [1.82, 2.24) is 0 Å². The quantitative estimate of drug-likeness (QED) is 0.824. The van der Waals surface area contributed by atoms with E-state index in [-0.39, 0.29) is 17.8 Å². The van der Waals surface area contributed by atoms with E-state index in [4.69, 9.17) is 17.3 Å². The zero-order valence-electron chi connectivity index (χ0n) is 8.43. The second kappa shape index (κ2) is 4.76. The molecular formula is C11H15ClFN. The minimum atomic E-state index is -0.245. The van der Waals surface area contributed by atoms with Crippen molar-refractivity contribution >= 4 is 11.6 Å². The molecule has 3 heteroatoms. The van der Waals surface area contributed by atoms with Gasteiger partial charge in [0.1, 0.15) is 5.82 Å². The largest absolute Gasteiger partial charge is 0.328 e. The highest BCUT2D eigenvalue weighted by Gasteiger charge is 2.11. The first kappa shape index (κ1) is 11.5. The smallest absolute Gasteiger partial charge is 0.127 e. The van der Waals surface area contributed by atoms with Gasteiger partial charge in [-0.25, -0.2) is 4.39 Å². The third kappa shape index (κ3) is 2.96. The Morgan fingerprint density at radius 2 is 2.07 bits per heavy atom. The van der Waals surface area contributed by atoms with Gasteiger partial charge in [0, 0.05) is 11.1 Å². The highest BCUT2D eigenvalue weighted by Crippen LogP contribution is 2.18. The van der Waals surface area contributed by atoms with Crippen molar-refractivity contribution < 1.29 is 4.39 Å². The molecule has 0 spiro atoms. The summed E-state index contributed by atoms with van der Waals surface area (Å²) in [6, 6.07) is 4.83. The molecule has 0 saturated heterocycles. The number of hydrogen-bond donors (Lipinski definition) is 1. The molecule has 0 aromatic heterocycles. The minimum Gasteiger partial charge on any atom is -0.328 e. The molecule has 2 unspecified atom stereocenters. The average Bonchev–Trinajstić information content (AvgIpc) is 2.09. The molecule has 1 rings (SSSR count). The Bertz CT molecular complexity index is 312. The van der Waals surface area contributed by atoms with E-state index in [2.05, 4.69) is 0 Å². The lowest BCUT2D eigenvalue weighted by molar-refractivity contribution is 0.470. The molecule has 0 aliphatic rings. The van der Waals surface area contributed by atoms with Crippen molar-refractivity contribution in [3.63, 3.8) is 0 Å². The van der Waals surface area contributed by atoms with Crippen molar-refractivity contribution in [2.24, 2.45) is 11.7 Å². The Balaban J connectivity index is 2.77. The zero-order chi connectivity index (χ0) is 10.7. The maximum absolute atomic E-state index is 13.3. The first-order chi connectivity index (χ1) is 6.50. The van der Waals surface area contributed by atoms with Crippen LogP contribution in [0.15, 0.2) is 18.2 Å². The van der Waals surface area contributed by atoms with Gasteiger partial charge in [-0.2, -0.15) is 0 Å². The monoisotopic (exact) mass is 215 g/mol. The fraction of sp³-hybridized carbons (Fsp3) is 0.455. The zero-order valence-corrected chi connectivity index (χ0v) is 9.18. The van der Waals surface area contributed by atoms with Gasteiger partial charge >= 0.3 is 0 Å². The van der Waals surface area contributed by atoms with Crippen LogP contribution in [-0.2, 0) is 6.42 Å². The van der Waals surface area contributed by atoms with Crippen LogP contribution in [0.4, 0.5) is 4.39 Å². The van der Waals surface area contributed by atoms with Crippen molar-refractivity contribution in [3.05, 3.63) is 34.6 Å². The lowest BCUT2D eigenvalue weighted by Crippen LogP contribution is -2.26. The molecule has 0 heterocycles. The molecule has 1 aromatic rings. The van der Waals surface area contributed by atoms with E-state index in [9.17, 15) is 4.39 Å². The third-order valence-electron chi connectivity index (χ3n) is 2.45. The normalized spacial score (nSPS) is 15.2. The summed E-state index contributed by atoms with van der Waals surface area (Å²) in [5.41, 5.74) is 6.40. The third-order valence-corrected chi connectivity index (χ3v) is 2.69. The Morgan fingerprint density at radius 3 is 2.57 bits per heavy atom. The summed E-state index contributed by atoms with van der Waals surface area (Å²) in [6.07, 6.45) is 0.653. The number of halogens is 2. The maximum Gasteiger partial charge on any atom is 0.127 e. The lowest BCUT2D eigenvalue weighted by atomic mass is 9.95. The molecule has 2 N–H and O–H groups in total. The Kier molecular flexibility index (Phi) is 3.90. The average molecular weight is 216 g/mol. The van der Waals surface area contributed by atoms with Crippen LogP contribution in [0.5, 0.6) is 0 Å². The molecule has 0 radical (unpaired) electrons. The van der Waals surface area contributed by atoms with E-state index in [1.807, 2.05) is 13.8 Å². The standard InChI is InChI=1S/C11H15ClFN/c1-7(8(2)14)5-9-3-4-10(12)6-11(9)13/h3-4,6-8H,5,14H2,1-2H3. The number of hydrogen-bond acceptors (Lipinski definition) is 1. The molecule has 1 aromatic carbocycles. The van der Waals surface area contributed by atoms with Gasteiger partial charge in [0.15, 0.2) is 0 Å². The summed E-state index contributed by atoms with van der Waals surface area (Å²) in [5.74, 6) is 0.0238. The molecule has 0 amide bonds. The highest BCUT2D eigenvalue weighted by molar-refractivity contribution is 6.30. The van der Waals surface area contributed by atoms with Crippen molar-refractivity contribution in [2.45, 2.75) is 26.3 Å². The highest BCUT2D eigenvalue weighted by atomic mass is 35.5. The number of nitrogens with two attached hydrogens (primary N) is 1. The topological polar surface area (TPSA) is 26.0 Å². The Hall–Kier alpha value is -0.600. The molecule has 78 valence electrons. The second-order valence-electron chi connectivity index (χ2n) is 3.78. The fourth-order valence-corrected chi connectivity index (χ4v) is 1.38. The van der Waals surface area contributed by atoms with Crippen LogP contribution >= 0.6 is 11.6 Å². The van der Waals surface area contributed by atoms with E-state index in [1.54, 1.807) is 12.1 Å². The van der Waals surface area contributed by atoms with Crippen LogP contribution in [0.3, 0.4) is 0 Å². The van der Waals surface area contributed by atoms with Crippen LogP contribution in [0.1, 0.15) is 19.4 Å². The van der Waals surface area contributed by atoms with Crippen molar-refractivity contribution in [2.75, 3.05) is 0 Å². The van der Waals surface area contributed by atoms with Gasteiger partial charge < -0.3 is 5.73 Å². The number of rotatable bonds is 3. The van der Waals surface area contributed by atoms with Gasteiger partial charge in [0.25, 0.3) is 0 Å². The SMILES string of the molecule is CC(N)C(C)Cc1ccc(Cl)cc1F. The van der Waals surface area contributed by atoms with E-state index >= 15 is 0 Å². The molecule has 0 aliphatic carbocycles. The molecule has 0 aliphatic heterocycles. The van der Waals surface area contributed by atoms with Crippen molar-refractivity contribution in [3.8, 4) is 0 Å². The summed E-state index contributed by atoms with van der Waals surface area (Å²) >= 11 is 5.65. The van der Waals surface area contributed by atoms with Crippen LogP contribution in [-0.4, -0.2) is 6.04 Å². The minimum absolute atomic E-state index is 0.0741. The van der Waals surface area contributed by atoms with Gasteiger partial charge in [-0.15, -0.1) is 0 Å². The van der Waals surface area contributed by atoms with Crippen LogP contribution < -0.4 is 5.73 Å². The summed E-state index contributed by atoms with van der Waals surface area (Å²) in [6.45, 7) is 3.94. The van der Waals surface area contributed by atoms with E-state index < -0.39 is 0 Å². The molecule has 0 bridgehead atoms. The van der Waals surface area contributed by atoms with Crippen LogP contribution in [0.2, 0.25) is 5.02 Å². The summed E-state index contributed by atoms with van der Waals surface area (Å²) in [7, 11) is 0. The van der Waals surface area contributed by atoms with Crippen molar-refractivity contribution in [1.29, 1.82) is 0 Å². The van der Waals surface area contributed by atoms with E-state index in [0.29, 0.717) is 17.0 Å². The van der Waals surface area contributed by atoms with Gasteiger partial charge in [0.2, 0.25) is 0 Å². The summed E-state index contributed by atoms with van der Waals surface area (Å²) < 4.78 is 13.3. The predicted molar refractivity (Wildman–Crippen MR) is 57.9 cm³/mol. The van der Waals surface area contributed by atoms with Gasteiger partial charge in [-0.05, 0) is 37.0 Å². The molecule has 0 saturated carbocycles. The molecular weight excluding hydrogens is 201 g/mol. The summed E-state index contributed by atoms with van der Waals surface area (Å²) in [4.78, 5) is 0. The first-order valence-corrected chi connectivity index (χ1v) is 5.08. The van der Waals surface area contributed by atoms with E-state index in [1.165, 1.54) is 6.07 Å². The maximum atomic E-state index is 13.3. The van der Waals surface area contributed by atoms with Crippen LogP contribution in [0, 0.1) is 11.7 Å². The fourth-order valence-electron chi connectivity index (χ4n) is 1.22. The van der Waals surface area contributed by atoms with Gasteiger partial charge in [0.05, 0.1) is 0 Å². The summed E-state index contributed by atoms with van der Waals surface area (Å²) in [5, 5.41) is 0.430. The number of benzene rings is 1. The molecule has 1 nitrogen and oxygen atoms in total. The molecule has 0 fully saturated rings. The van der Waals surface area contributed by atoms with Gasteiger partial charge in [-0.3, -0.25) is 0 Å². The lowest BCUT2D eigenvalue weighted by Gasteiger charge is -2.15. The van der Waals surface area contributed by atoms with E-state index in [0.717, 1.165) is 0 Å². The first-order valence-electron chi connectivity index (χ1n) is 4.70. The Morgan fingerprint density at radius 1 is 1.43 bits per heavy atom. The predicted octanol–water partition coefficient (Wildman–Crippen LogP) is 3.00. The molecule has 2 atom stereocenters. The van der Waals surface area contributed by atoms with Gasteiger partial charge in [-0.1, -0.05) is 24.6 Å². The molecule has 14 heavy (non-hydrogen) atoms. The Labute approximate surface area is 89.1 Å².